The van der Waals surface area contributed by atoms with Crippen LogP contribution in [0, 0.1) is 11.8 Å². The molecule has 6 heteroatoms. The van der Waals surface area contributed by atoms with Crippen LogP contribution in [0.2, 0.25) is 0 Å². The fourth-order valence-electron chi connectivity index (χ4n) is 5.33. The molecule has 3 heterocycles. The lowest BCUT2D eigenvalue weighted by atomic mass is 9.86. The minimum atomic E-state index is -0.399. The first-order valence-corrected chi connectivity index (χ1v) is 15.3. The predicted octanol–water partition coefficient (Wildman–Crippen LogP) is 8.29. The van der Waals surface area contributed by atoms with Crippen LogP contribution >= 0.6 is 0 Å². The molecule has 0 aromatic heterocycles. The molecule has 228 valence electrons. The molecule has 0 saturated carbocycles. The quantitative estimate of drug-likeness (QED) is 0.335. The molecule has 0 N–H and O–H groups in total. The van der Waals surface area contributed by atoms with E-state index in [1.807, 2.05) is 27.7 Å². The predicted molar refractivity (Wildman–Crippen MR) is 156 cm³/mol. The summed E-state index contributed by atoms with van der Waals surface area (Å²) in [5.74, 6) is 0.286. The van der Waals surface area contributed by atoms with E-state index >= 15 is 0 Å². The van der Waals surface area contributed by atoms with Gasteiger partial charge in [-0.1, -0.05) is 55.4 Å². The van der Waals surface area contributed by atoms with Crippen LogP contribution in [0.1, 0.15) is 136 Å². The molecule has 0 bridgehead atoms. The Morgan fingerprint density at radius 2 is 0.658 bits per heavy atom. The van der Waals surface area contributed by atoms with Gasteiger partial charge < -0.3 is 28.4 Å². The smallest absolute Gasteiger partial charge is 0.163 e. The zero-order valence-electron chi connectivity index (χ0n) is 27.9. The highest BCUT2D eigenvalue weighted by Gasteiger charge is 2.48. The molecule has 6 atom stereocenters. The third kappa shape index (κ3) is 9.69. The van der Waals surface area contributed by atoms with E-state index in [2.05, 4.69) is 83.1 Å². The van der Waals surface area contributed by atoms with E-state index in [1.165, 1.54) is 0 Å². The van der Waals surface area contributed by atoms with Crippen LogP contribution in [0.15, 0.2) is 0 Å². The minimum Gasteiger partial charge on any atom is -0.367 e. The first-order valence-electron chi connectivity index (χ1n) is 15.3. The van der Waals surface area contributed by atoms with E-state index in [1.54, 1.807) is 0 Å². The summed E-state index contributed by atoms with van der Waals surface area (Å²) in [5, 5.41) is 0. The van der Waals surface area contributed by atoms with E-state index in [-0.39, 0.29) is 41.4 Å². The largest absolute Gasteiger partial charge is 0.367 e. The molecule has 0 spiro atoms. The van der Waals surface area contributed by atoms with E-state index in [0.717, 1.165) is 25.7 Å². The zero-order chi connectivity index (χ0) is 29.7. The maximum absolute atomic E-state index is 6.12. The Morgan fingerprint density at radius 3 is 0.895 bits per heavy atom. The molecule has 3 aliphatic rings. The Labute approximate surface area is 236 Å². The van der Waals surface area contributed by atoms with Crippen LogP contribution in [0.4, 0.5) is 0 Å². The molecular formula is C32H64O6. The van der Waals surface area contributed by atoms with Gasteiger partial charge in [-0.15, -0.1) is 0 Å². The van der Waals surface area contributed by atoms with Crippen molar-refractivity contribution in [1.29, 1.82) is 0 Å². The summed E-state index contributed by atoms with van der Waals surface area (Å²) in [7, 11) is 0. The Morgan fingerprint density at radius 1 is 0.421 bits per heavy atom. The van der Waals surface area contributed by atoms with Gasteiger partial charge >= 0.3 is 0 Å². The third-order valence-electron chi connectivity index (χ3n) is 8.13. The van der Waals surface area contributed by atoms with Crippen molar-refractivity contribution in [2.45, 2.75) is 196 Å². The lowest BCUT2D eigenvalue weighted by molar-refractivity contribution is -0.294. The molecule has 3 fully saturated rings. The topological polar surface area (TPSA) is 55.4 Å². The number of hydrogen-bond donors (Lipinski definition) is 0. The molecule has 0 aromatic rings. The molecule has 3 aliphatic heterocycles. The summed E-state index contributed by atoms with van der Waals surface area (Å²) in [6.45, 7) is 33.7. The Bertz CT molecular complexity index is 629. The van der Waals surface area contributed by atoms with E-state index in [0.29, 0.717) is 24.0 Å². The van der Waals surface area contributed by atoms with Gasteiger partial charge in [-0.25, -0.2) is 0 Å². The molecule has 0 radical (unpaired) electrons. The van der Waals surface area contributed by atoms with Crippen LogP contribution in [-0.4, -0.2) is 59.4 Å². The minimum absolute atomic E-state index is 0.195. The molecule has 0 aromatic carbocycles. The van der Waals surface area contributed by atoms with E-state index in [9.17, 15) is 0 Å². The van der Waals surface area contributed by atoms with Gasteiger partial charge in [-0.05, 0) is 92.9 Å². The second-order valence-corrected chi connectivity index (χ2v) is 13.7. The Kier molecular flexibility index (Phi) is 13.3. The van der Waals surface area contributed by atoms with Gasteiger partial charge in [0, 0.05) is 0 Å². The number of rotatable bonds is 6. The lowest BCUT2D eigenvalue weighted by Crippen LogP contribution is -2.60. The van der Waals surface area contributed by atoms with E-state index < -0.39 is 5.79 Å². The Balaban J connectivity index is 0.000000287. The Hall–Kier alpha value is -0.240. The van der Waals surface area contributed by atoms with Gasteiger partial charge in [0.15, 0.2) is 11.6 Å². The van der Waals surface area contributed by atoms with Crippen molar-refractivity contribution in [2.75, 3.05) is 0 Å². The zero-order valence-corrected chi connectivity index (χ0v) is 27.9. The highest BCUT2D eigenvalue weighted by atomic mass is 16.8. The van der Waals surface area contributed by atoms with Gasteiger partial charge in [-0.2, -0.15) is 0 Å². The maximum atomic E-state index is 6.12. The fraction of sp³-hybridized carbons (Fsp3) is 1.00. The van der Waals surface area contributed by atoms with Crippen LogP contribution in [0.3, 0.4) is 0 Å². The first-order chi connectivity index (χ1) is 17.3. The van der Waals surface area contributed by atoms with Crippen LogP contribution in [0.5, 0.6) is 0 Å². The summed E-state index contributed by atoms with van der Waals surface area (Å²) in [4.78, 5) is 0. The number of ether oxygens (including phenoxy) is 6. The molecule has 0 aliphatic carbocycles. The third-order valence-corrected chi connectivity index (χ3v) is 8.13. The van der Waals surface area contributed by atoms with Crippen LogP contribution in [0.25, 0.3) is 0 Å². The van der Waals surface area contributed by atoms with Gasteiger partial charge in [0.2, 0.25) is 0 Å². The van der Waals surface area contributed by atoms with Gasteiger partial charge in [0.1, 0.15) is 0 Å². The van der Waals surface area contributed by atoms with Gasteiger partial charge in [0.25, 0.3) is 0 Å². The summed E-state index contributed by atoms with van der Waals surface area (Å²) in [5.41, 5.74) is -0.390. The van der Waals surface area contributed by atoms with Crippen molar-refractivity contribution in [3.8, 4) is 0 Å². The molecule has 38 heavy (non-hydrogen) atoms. The van der Waals surface area contributed by atoms with Crippen molar-refractivity contribution < 1.29 is 28.4 Å². The highest BCUT2D eigenvalue weighted by Crippen LogP contribution is 2.39. The normalized spacial score (nSPS) is 34.9. The molecule has 6 nitrogen and oxygen atoms in total. The van der Waals surface area contributed by atoms with Crippen molar-refractivity contribution in [2.24, 2.45) is 11.8 Å². The summed E-state index contributed by atoms with van der Waals surface area (Å²) in [6.07, 6.45) is 5.74. The van der Waals surface area contributed by atoms with Crippen molar-refractivity contribution in [3.05, 3.63) is 0 Å². The molecular weight excluding hydrogens is 480 g/mol. The second kappa shape index (κ2) is 14.1. The molecule has 0 amide bonds. The lowest BCUT2D eigenvalue weighted by Gasteiger charge is -2.51. The molecule has 3 rings (SSSR count). The van der Waals surface area contributed by atoms with E-state index in [4.69, 9.17) is 28.4 Å². The average molecular weight is 545 g/mol. The van der Waals surface area contributed by atoms with Crippen molar-refractivity contribution in [3.63, 3.8) is 0 Å². The molecule has 1 unspecified atom stereocenters. The SMILES string of the molecule is CC(C)[C@H]1OC(C)(C)O[C@@H]1C(C)C.CCC1OC(C)(C)C(C)(C)O[C@H]1CC.CC[C@@H]1OC(C)(C)O[C@H]1CC. The van der Waals surface area contributed by atoms with Crippen LogP contribution < -0.4 is 0 Å². The van der Waals surface area contributed by atoms with Crippen molar-refractivity contribution in [1.82, 2.24) is 0 Å². The maximum Gasteiger partial charge on any atom is 0.163 e. The fourth-order valence-corrected chi connectivity index (χ4v) is 5.33. The standard InChI is InChI=1S/C12H24O2.C11H22O2.C9H18O2/c1-7-9-10(8-2)14-12(5,6)11(3,4)13-9;1-7(2)9-10(8(3)4)13-11(5,6)12-9;1-5-7-8(6-2)11-9(3,4)10-7/h9-10H,7-8H2,1-6H3;7-10H,1-6H3;7-8H,5-6H2,1-4H3/t9-,10?;9-,10-;7-,8-/m010/s1. The first kappa shape index (κ1) is 35.8. The van der Waals surface area contributed by atoms with Gasteiger partial charge in [-0.3, -0.25) is 0 Å². The summed E-state index contributed by atoms with van der Waals surface area (Å²) < 4.78 is 35.3. The highest BCUT2D eigenvalue weighted by molar-refractivity contribution is 4.96. The van der Waals surface area contributed by atoms with Gasteiger partial charge in [0.05, 0.1) is 47.8 Å². The second-order valence-electron chi connectivity index (χ2n) is 13.7. The monoisotopic (exact) mass is 544 g/mol. The number of hydrogen-bond acceptors (Lipinski definition) is 6. The molecule has 3 saturated heterocycles. The van der Waals surface area contributed by atoms with Crippen LogP contribution in [-0.2, 0) is 28.4 Å². The average Bonchev–Trinajstić information content (AvgIpc) is 3.30. The summed E-state index contributed by atoms with van der Waals surface area (Å²) in [6, 6.07) is 0. The summed E-state index contributed by atoms with van der Waals surface area (Å²) >= 11 is 0. The van der Waals surface area contributed by atoms with Crippen molar-refractivity contribution >= 4 is 0 Å².